The molecule has 0 saturated carbocycles. The number of likely N-dealkylation sites (N-methyl/N-ethyl adjacent to an activating group) is 2. The quantitative estimate of drug-likeness (QED) is 0.381. The van der Waals surface area contributed by atoms with Gasteiger partial charge < -0.3 is 20.4 Å². The van der Waals surface area contributed by atoms with Gasteiger partial charge in [0.25, 0.3) is 5.91 Å². The van der Waals surface area contributed by atoms with Gasteiger partial charge in [0.1, 0.15) is 12.2 Å². The van der Waals surface area contributed by atoms with Crippen LogP contribution < -0.4 is 15.5 Å². The number of carbonyl (C=O) groups is 1. The lowest BCUT2D eigenvalue weighted by atomic mass is 10.1. The SMILES string of the molecule is C=NC=NC(=C)Nc1cc(C(=O)Nc2cc(N(C)CCN(C)C)cc(C(F)(F)F)c2)ccc1C. The predicted molar refractivity (Wildman–Crippen MR) is 133 cm³/mol. The summed E-state index contributed by atoms with van der Waals surface area (Å²) in [4.78, 5) is 24.0. The van der Waals surface area contributed by atoms with Gasteiger partial charge in [0.15, 0.2) is 0 Å². The van der Waals surface area contributed by atoms with E-state index in [-0.39, 0.29) is 17.1 Å². The number of aryl methyl sites for hydroxylation is 1. The van der Waals surface area contributed by atoms with Crippen LogP contribution in [0.5, 0.6) is 0 Å². The van der Waals surface area contributed by atoms with Crippen LogP contribution in [-0.2, 0) is 6.18 Å². The average molecular weight is 475 g/mol. The summed E-state index contributed by atoms with van der Waals surface area (Å²) in [6.45, 7) is 10.0. The van der Waals surface area contributed by atoms with Crippen LogP contribution in [0.4, 0.5) is 30.2 Å². The highest BCUT2D eigenvalue weighted by atomic mass is 19.4. The molecule has 1 amide bonds. The van der Waals surface area contributed by atoms with E-state index in [0.29, 0.717) is 24.5 Å². The second-order valence-electron chi connectivity index (χ2n) is 7.97. The number of hydrogen-bond acceptors (Lipinski definition) is 5. The van der Waals surface area contributed by atoms with E-state index in [1.54, 1.807) is 30.1 Å². The fourth-order valence-electron chi connectivity index (χ4n) is 2.95. The Morgan fingerprint density at radius 1 is 1.09 bits per heavy atom. The van der Waals surface area contributed by atoms with Gasteiger partial charge in [0.05, 0.1) is 5.56 Å². The first-order valence-corrected chi connectivity index (χ1v) is 10.3. The molecule has 0 saturated heterocycles. The molecule has 34 heavy (non-hydrogen) atoms. The molecule has 2 N–H and O–H groups in total. The number of carbonyl (C=O) groups excluding carboxylic acids is 1. The standard InChI is InChI=1S/C24H29F3N6O/c1-16-7-8-18(11-22(16)30-17(2)29-15-28-3)23(34)31-20-12-19(24(25,26)27)13-21(14-20)33(6)10-9-32(4)5/h7-8,11-15,30H,2-3,9-10H2,1,4-6H3,(H,31,34). The summed E-state index contributed by atoms with van der Waals surface area (Å²) in [5.41, 5.74) is 1.21. The lowest BCUT2D eigenvalue weighted by Crippen LogP contribution is -2.28. The molecule has 0 radical (unpaired) electrons. The van der Waals surface area contributed by atoms with Gasteiger partial charge in [-0.1, -0.05) is 12.6 Å². The summed E-state index contributed by atoms with van der Waals surface area (Å²) in [6, 6.07) is 8.40. The molecule has 0 aromatic heterocycles. The van der Waals surface area contributed by atoms with E-state index in [9.17, 15) is 18.0 Å². The number of halogens is 3. The van der Waals surface area contributed by atoms with Crippen molar-refractivity contribution in [2.24, 2.45) is 9.98 Å². The molecule has 2 aromatic carbocycles. The van der Waals surface area contributed by atoms with Gasteiger partial charge >= 0.3 is 6.18 Å². The van der Waals surface area contributed by atoms with Crippen LogP contribution in [0.2, 0.25) is 0 Å². The normalized spacial score (nSPS) is 11.5. The Kier molecular flexibility index (Phi) is 8.97. The number of hydrogen-bond donors (Lipinski definition) is 2. The molecule has 7 nitrogen and oxygen atoms in total. The molecule has 0 spiro atoms. The Labute approximate surface area is 197 Å². The summed E-state index contributed by atoms with van der Waals surface area (Å²) in [5.74, 6) is -0.262. The third-order valence-electron chi connectivity index (χ3n) is 4.90. The van der Waals surface area contributed by atoms with Crippen LogP contribution in [0, 0.1) is 6.92 Å². The summed E-state index contributed by atoms with van der Waals surface area (Å²) >= 11 is 0. The zero-order valence-electron chi connectivity index (χ0n) is 19.7. The van der Waals surface area contributed by atoms with E-state index in [1.807, 2.05) is 25.9 Å². The third kappa shape index (κ3) is 7.73. The molecular weight excluding hydrogens is 445 g/mol. The number of nitrogens with one attached hydrogen (secondary N) is 2. The maximum Gasteiger partial charge on any atom is 0.416 e. The van der Waals surface area contributed by atoms with Gasteiger partial charge in [-0.15, -0.1) is 0 Å². The maximum absolute atomic E-state index is 13.5. The first-order chi connectivity index (χ1) is 15.9. The van der Waals surface area contributed by atoms with Gasteiger partial charge in [0, 0.05) is 42.8 Å². The van der Waals surface area contributed by atoms with Crippen molar-refractivity contribution in [3.05, 3.63) is 65.5 Å². The second-order valence-corrected chi connectivity index (χ2v) is 7.97. The fourth-order valence-corrected chi connectivity index (χ4v) is 2.95. The highest BCUT2D eigenvalue weighted by Crippen LogP contribution is 2.34. The Balaban J connectivity index is 2.31. The highest BCUT2D eigenvalue weighted by Gasteiger charge is 2.31. The molecule has 10 heteroatoms. The van der Waals surface area contributed by atoms with Gasteiger partial charge in [-0.05, 0) is 63.6 Å². The molecule has 2 rings (SSSR count). The summed E-state index contributed by atoms with van der Waals surface area (Å²) in [6.07, 6.45) is -3.33. The monoisotopic (exact) mass is 474 g/mol. The minimum atomic E-state index is -4.56. The van der Waals surface area contributed by atoms with Gasteiger partial charge in [-0.2, -0.15) is 13.2 Å². The van der Waals surface area contributed by atoms with Crippen molar-refractivity contribution < 1.29 is 18.0 Å². The Morgan fingerprint density at radius 2 is 1.79 bits per heavy atom. The number of alkyl halides is 3. The van der Waals surface area contributed by atoms with E-state index < -0.39 is 17.6 Å². The van der Waals surface area contributed by atoms with E-state index in [1.165, 1.54) is 12.4 Å². The molecule has 0 aliphatic heterocycles. The molecule has 0 fully saturated rings. The number of rotatable bonds is 10. The molecule has 0 aliphatic carbocycles. The van der Waals surface area contributed by atoms with Crippen LogP contribution in [-0.4, -0.2) is 58.1 Å². The van der Waals surface area contributed by atoms with Crippen molar-refractivity contribution in [1.29, 1.82) is 0 Å². The maximum atomic E-state index is 13.5. The Bertz CT molecular complexity index is 1080. The van der Waals surface area contributed by atoms with E-state index in [0.717, 1.165) is 17.7 Å². The van der Waals surface area contributed by atoms with E-state index >= 15 is 0 Å². The van der Waals surface area contributed by atoms with Crippen molar-refractivity contribution in [3.63, 3.8) is 0 Å². The molecule has 0 unspecified atom stereocenters. The minimum Gasteiger partial charge on any atom is -0.373 e. The van der Waals surface area contributed by atoms with Crippen LogP contribution in [0.15, 0.2) is 58.8 Å². The molecule has 0 heterocycles. The lowest BCUT2D eigenvalue weighted by Gasteiger charge is -2.23. The van der Waals surface area contributed by atoms with Crippen molar-refractivity contribution in [1.82, 2.24) is 4.90 Å². The minimum absolute atomic E-state index is 0.0488. The van der Waals surface area contributed by atoms with Crippen molar-refractivity contribution in [2.45, 2.75) is 13.1 Å². The molecular formula is C24H29F3N6O. The molecule has 0 aliphatic rings. The topological polar surface area (TPSA) is 72.3 Å². The zero-order chi connectivity index (χ0) is 25.5. The average Bonchev–Trinajstić information content (AvgIpc) is 2.76. The van der Waals surface area contributed by atoms with E-state index in [2.05, 4.69) is 33.9 Å². The van der Waals surface area contributed by atoms with Crippen molar-refractivity contribution >= 4 is 36.0 Å². The highest BCUT2D eigenvalue weighted by molar-refractivity contribution is 6.05. The Morgan fingerprint density at radius 3 is 2.41 bits per heavy atom. The summed E-state index contributed by atoms with van der Waals surface area (Å²) < 4.78 is 40.5. The molecule has 0 atom stereocenters. The van der Waals surface area contributed by atoms with Gasteiger partial charge in [-0.25, -0.2) is 4.99 Å². The second kappa shape index (κ2) is 11.5. The van der Waals surface area contributed by atoms with Gasteiger partial charge in [-0.3, -0.25) is 9.79 Å². The first kappa shape index (κ1) is 26.6. The number of benzene rings is 2. The number of anilines is 3. The largest absolute Gasteiger partial charge is 0.416 e. The van der Waals surface area contributed by atoms with Crippen LogP contribution in [0.1, 0.15) is 21.5 Å². The number of aliphatic imine (C=N–C) groups is 2. The van der Waals surface area contributed by atoms with Crippen molar-refractivity contribution in [3.8, 4) is 0 Å². The molecule has 182 valence electrons. The Hall–Kier alpha value is -3.66. The molecule has 0 bridgehead atoms. The number of amides is 1. The lowest BCUT2D eigenvalue weighted by molar-refractivity contribution is -0.137. The summed E-state index contributed by atoms with van der Waals surface area (Å²) in [5, 5.41) is 5.55. The van der Waals surface area contributed by atoms with Gasteiger partial charge in [0.2, 0.25) is 0 Å². The fraction of sp³-hybridized carbons (Fsp3) is 0.292. The smallest absolute Gasteiger partial charge is 0.373 e. The van der Waals surface area contributed by atoms with Crippen LogP contribution in [0.3, 0.4) is 0 Å². The van der Waals surface area contributed by atoms with Crippen LogP contribution >= 0.6 is 0 Å². The van der Waals surface area contributed by atoms with Crippen molar-refractivity contribution in [2.75, 3.05) is 49.8 Å². The summed E-state index contributed by atoms with van der Waals surface area (Å²) in [7, 11) is 5.47. The first-order valence-electron chi connectivity index (χ1n) is 10.3. The van der Waals surface area contributed by atoms with E-state index in [4.69, 9.17) is 0 Å². The zero-order valence-corrected chi connectivity index (χ0v) is 19.7. The molecule has 2 aromatic rings. The number of nitrogens with zero attached hydrogens (tertiary/aromatic N) is 4. The predicted octanol–water partition coefficient (Wildman–Crippen LogP) is 4.88. The van der Waals surface area contributed by atoms with Crippen LogP contribution in [0.25, 0.3) is 0 Å². The third-order valence-corrected chi connectivity index (χ3v) is 4.90.